The van der Waals surface area contributed by atoms with Crippen LogP contribution in [0.2, 0.25) is 0 Å². The monoisotopic (exact) mass is 451 g/mol. The highest BCUT2D eigenvalue weighted by molar-refractivity contribution is 6.04. The number of hydrogen-bond acceptors (Lipinski definition) is 4. The Bertz CT molecular complexity index is 968. The lowest BCUT2D eigenvalue weighted by molar-refractivity contribution is -0.137. The Morgan fingerprint density at radius 3 is 2.06 bits per heavy atom. The van der Waals surface area contributed by atoms with E-state index >= 15 is 0 Å². The molecule has 3 amide bonds. The summed E-state index contributed by atoms with van der Waals surface area (Å²) >= 11 is 0. The average molecular weight is 451 g/mol. The van der Waals surface area contributed by atoms with Crippen molar-refractivity contribution in [3.05, 3.63) is 59.7 Å². The Labute approximate surface area is 183 Å². The van der Waals surface area contributed by atoms with Crippen LogP contribution in [0.1, 0.15) is 43.1 Å². The van der Waals surface area contributed by atoms with Crippen molar-refractivity contribution in [3.8, 4) is 0 Å². The molecule has 2 aromatic rings. The lowest BCUT2D eigenvalue weighted by Crippen LogP contribution is -2.34. The summed E-state index contributed by atoms with van der Waals surface area (Å²) in [5.74, 6) is -0.962. The Morgan fingerprint density at radius 2 is 1.50 bits per heavy atom. The van der Waals surface area contributed by atoms with Crippen molar-refractivity contribution in [1.29, 1.82) is 0 Å². The first-order valence-corrected chi connectivity index (χ1v) is 9.69. The molecule has 0 heterocycles. The van der Waals surface area contributed by atoms with Crippen LogP contribution < -0.4 is 16.0 Å². The Morgan fingerprint density at radius 1 is 0.906 bits per heavy atom. The quantitative estimate of drug-likeness (QED) is 0.587. The van der Waals surface area contributed by atoms with Gasteiger partial charge in [-0.1, -0.05) is 6.07 Å². The molecular weight excluding hydrogens is 427 g/mol. The van der Waals surface area contributed by atoms with Crippen molar-refractivity contribution in [2.45, 2.75) is 39.0 Å². The molecule has 7 nitrogen and oxygen atoms in total. The summed E-state index contributed by atoms with van der Waals surface area (Å²) < 4.78 is 43.0. The standard InChI is InChI=1S/C22H24F3N3O4/c1-21(2,3)32-20(31)26-12-11-18(29)27-16-5-4-6-17(13-16)28-19(30)14-7-9-15(10-8-14)22(23,24)25/h4-10,13H,11-12H2,1-3H3,(H,26,31)(H,27,29)(H,28,30). The zero-order chi connectivity index (χ0) is 23.9. The summed E-state index contributed by atoms with van der Waals surface area (Å²) in [6, 6.07) is 10.1. The normalized spacial score (nSPS) is 11.4. The van der Waals surface area contributed by atoms with Gasteiger partial charge in [0.2, 0.25) is 5.91 Å². The smallest absolute Gasteiger partial charge is 0.416 e. The highest BCUT2D eigenvalue weighted by Crippen LogP contribution is 2.29. The van der Waals surface area contributed by atoms with Gasteiger partial charge in [0.05, 0.1) is 5.56 Å². The van der Waals surface area contributed by atoms with E-state index in [1.54, 1.807) is 39.0 Å². The van der Waals surface area contributed by atoms with Gasteiger partial charge in [-0.25, -0.2) is 4.79 Å². The van der Waals surface area contributed by atoms with E-state index < -0.39 is 29.3 Å². The lowest BCUT2D eigenvalue weighted by atomic mass is 10.1. The van der Waals surface area contributed by atoms with Crippen LogP contribution >= 0.6 is 0 Å². The third kappa shape index (κ3) is 8.29. The summed E-state index contributed by atoms with van der Waals surface area (Å²) in [5, 5.41) is 7.67. The van der Waals surface area contributed by atoms with Crippen molar-refractivity contribution in [2.75, 3.05) is 17.2 Å². The van der Waals surface area contributed by atoms with Gasteiger partial charge in [0.15, 0.2) is 0 Å². The fourth-order valence-electron chi connectivity index (χ4n) is 2.50. The van der Waals surface area contributed by atoms with Crippen LogP contribution in [-0.2, 0) is 15.7 Å². The zero-order valence-electron chi connectivity index (χ0n) is 17.8. The summed E-state index contributed by atoms with van der Waals surface area (Å²) in [5.41, 5.74) is -0.685. The van der Waals surface area contributed by atoms with Gasteiger partial charge >= 0.3 is 12.3 Å². The molecule has 0 saturated heterocycles. The summed E-state index contributed by atoms with van der Waals surface area (Å²) in [6.07, 6.45) is -5.11. The summed E-state index contributed by atoms with van der Waals surface area (Å²) in [7, 11) is 0. The number of halogens is 3. The highest BCUT2D eigenvalue weighted by Gasteiger charge is 2.30. The predicted octanol–water partition coefficient (Wildman–Crippen LogP) is 4.81. The number of nitrogens with one attached hydrogen (secondary N) is 3. The molecule has 32 heavy (non-hydrogen) atoms. The van der Waals surface area contributed by atoms with E-state index in [4.69, 9.17) is 4.74 Å². The molecule has 172 valence electrons. The molecule has 0 radical (unpaired) electrons. The molecule has 3 N–H and O–H groups in total. The first kappa shape index (κ1) is 24.7. The van der Waals surface area contributed by atoms with Crippen LogP contribution in [0.5, 0.6) is 0 Å². The fourth-order valence-corrected chi connectivity index (χ4v) is 2.50. The maximum absolute atomic E-state index is 12.6. The minimum Gasteiger partial charge on any atom is -0.444 e. The van der Waals surface area contributed by atoms with Crippen LogP contribution in [0.15, 0.2) is 48.5 Å². The van der Waals surface area contributed by atoms with Crippen molar-refractivity contribution in [3.63, 3.8) is 0 Å². The second-order valence-electron chi connectivity index (χ2n) is 7.84. The van der Waals surface area contributed by atoms with Gasteiger partial charge in [0.25, 0.3) is 5.91 Å². The Kier molecular flexibility index (Phi) is 7.85. The van der Waals surface area contributed by atoms with Gasteiger partial charge in [-0.15, -0.1) is 0 Å². The molecule has 0 aromatic heterocycles. The van der Waals surface area contributed by atoms with Crippen LogP contribution in [0.3, 0.4) is 0 Å². The molecule has 2 aromatic carbocycles. The van der Waals surface area contributed by atoms with Crippen molar-refractivity contribution < 1.29 is 32.3 Å². The van der Waals surface area contributed by atoms with Crippen LogP contribution in [-0.4, -0.2) is 30.1 Å². The molecule has 0 aliphatic heterocycles. The van der Waals surface area contributed by atoms with E-state index in [2.05, 4.69) is 16.0 Å². The van der Waals surface area contributed by atoms with E-state index in [9.17, 15) is 27.6 Å². The number of amides is 3. The van der Waals surface area contributed by atoms with Crippen molar-refractivity contribution >= 4 is 29.3 Å². The lowest BCUT2D eigenvalue weighted by Gasteiger charge is -2.19. The largest absolute Gasteiger partial charge is 0.444 e. The highest BCUT2D eigenvalue weighted by atomic mass is 19.4. The maximum Gasteiger partial charge on any atom is 0.416 e. The van der Waals surface area contributed by atoms with E-state index in [-0.39, 0.29) is 24.4 Å². The van der Waals surface area contributed by atoms with E-state index in [1.807, 2.05) is 0 Å². The molecule has 0 saturated carbocycles. The van der Waals surface area contributed by atoms with E-state index in [1.165, 1.54) is 6.07 Å². The second kappa shape index (κ2) is 10.2. The SMILES string of the molecule is CC(C)(C)OC(=O)NCCC(=O)Nc1cccc(NC(=O)c2ccc(C(F)(F)F)cc2)c1. The number of ether oxygens (including phenoxy) is 1. The maximum atomic E-state index is 12.6. The van der Waals surface area contributed by atoms with Gasteiger partial charge in [0.1, 0.15) is 5.60 Å². The van der Waals surface area contributed by atoms with Gasteiger partial charge in [-0.3, -0.25) is 9.59 Å². The van der Waals surface area contributed by atoms with Gasteiger partial charge in [-0.2, -0.15) is 13.2 Å². The molecule has 2 rings (SSSR count). The number of alkyl carbamates (subject to hydrolysis) is 1. The fraction of sp³-hybridized carbons (Fsp3) is 0.318. The molecular formula is C22H24F3N3O4. The van der Waals surface area contributed by atoms with Crippen LogP contribution in [0.25, 0.3) is 0 Å². The van der Waals surface area contributed by atoms with Crippen molar-refractivity contribution in [2.24, 2.45) is 0 Å². The van der Waals surface area contributed by atoms with Gasteiger partial charge < -0.3 is 20.7 Å². The summed E-state index contributed by atoms with van der Waals surface area (Å²) in [4.78, 5) is 35.9. The molecule has 0 aliphatic rings. The average Bonchev–Trinajstić information content (AvgIpc) is 2.66. The van der Waals surface area contributed by atoms with Crippen LogP contribution in [0, 0.1) is 0 Å². The zero-order valence-corrected chi connectivity index (χ0v) is 17.8. The minimum atomic E-state index is -4.48. The molecule has 0 fully saturated rings. The molecule has 0 unspecified atom stereocenters. The number of carbonyl (C=O) groups excluding carboxylic acids is 3. The van der Waals surface area contributed by atoms with Gasteiger partial charge in [0, 0.05) is 29.9 Å². The van der Waals surface area contributed by atoms with Crippen molar-refractivity contribution in [1.82, 2.24) is 5.32 Å². The first-order valence-electron chi connectivity index (χ1n) is 9.69. The van der Waals surface area contributed by atoms with E-state index in [0.29, 0.717) is 11.4 Å². The molecule has 0 bridgehead atoms. The second-order valence-corrected chi connectivity index (χ2v) is 7.84. The number of carbonyl (C=O) groups is 3. The van der Waals surface area contributed by atoms with Gasteiger partial charge in [-0.05, 0) is 63.2 Å². The Balaban J connectivity index is 1.88. The summed E-state index contributed by atoms with van der Waals surface area (Å²) in [6.45, 7) is 5.25. The minimum absolute atomic E-state index is 0.00137. The van der Waals surface area contributed by atoms with E-state index in [0.717, 1.165) is 24.3 Å². The number of anilines is 2. The number of alkyl halides is 3. The number of hydrogen-bond donors (Lipinski definition) is 3. The third-order valence-corrected chi connectivity index (χ3v) is 3.90. The number of benzene rings is 2. The number of rotatable bonds is 6. The Hall–Kier alpha value is -3.56. The predicted molar refractivity (Wildman–Crippen MR) is 113 cm³/mol. The first-order chi connectivity index (χ1) is 14.8. The molecule has 0 atom stereocenters. The molecule has 0 aliphatic carbocycles. The third-order valence-electron chi connectivity index (χ3n) is 3.90. The topological polar surface area (TPSA) is 96.5 Å². The molecule has 0 spiro atoms. The molecule has 10 heteroatoms. The van der Waals surface area contributed by atoms with Crippen LogP contribution in [0.4, 0.5) is 29.3 Å².